The molecule has 2 aliphatic rings. The molecule has 0 spiro atoms. The average molecular weight is 659 g/mol. The fourth-order valence-corrected chi connectivity index (χ4v) is 5.83. The number of amides is 3. The summed E-state index contributed by atoms with van der Waals surface area (Å²) in [6, 6.07) is 11.7. The molecule has 2 aromatic heterocycles. The average Bonchev–Trinajstić information content (AvgIpc) is 3.66. The molecule has 12 nitrogen and oxygen atoms in total. The number of hydrogen-bond donors (Lipinski definition) is 3. The van der Waals surface area contributed by atoms with Gasteiger partial charge in [-0.1, -0.05) is 56.3 Å². The highest BCUT2D eigenvalue weighted by molar-refractivity contribution is 5.99. The van der Waals surface area contributed by atoms with Gasteiger partial charge in [0.15, 0.2) is 17.2 Å². The minimum Gasteiger partial charge on any atom is -0.379 e. The van der Waals surface area contributed by atoms with Crippen molar-refractivity contribution in [2.75, 3.05) is 26.3 Å². The van der Waals surface area contributed by atoms with Crippen LogP contribution in [0.2, 0.25) is 0 Å². The maximum atomic E-state index is 14.0. The van der Waals surface area contributed by atoms with E-state index in [1.54, 1.807) is 30.6 Å². The van der Waals surface area contributed by atoms with Crippen molar-refractivity contribution in [3.05, 3.63) is 83.5 Å². The topological polar surface area (TPSA) is 156 Å². The van der Waals surface area contributed by atoms with Crippen molar-refractivity contribution >= 4 is 23.5 Å². The quantitative estimate of drug-likeness (QED) is 0.211. The Morgan fingerprint density at radius 3 is 2.08 bits per heavy atom. The second kappa shape index (κ2) is 16.1. The molecule has 1 aromatic carbocycles. The molecular weight excluding hydrogens is 612 g/mol. The van der Waals surface area contributed by atoms with E-state index in [4.69, 9.17) is 9.26 Å². The highest BCUT2D eigenvalue weighted by Crippen LogP contribution is 2.47. The molecule has 3 amide bonds. The Kier molecular flexibility index (Phi) is 11.7. The summed E-state index contributed by atoms with van der Waals surface area (Å²) in [5, 5.41) is 12.6. The van der Waals surface area contributed by atoms with Gasteiger partial charge in [-0.15, -0.1) is 0 Å². The van der Waals surface area contributed by atoms with Gasteiger partial charge in [-0.05, 0) is 48.4 Å². The highest BCUT2D eigenvalue weighted by Gasteiger charge is 2.48. The maximum absolute atomic E-state index is 14.0. The van der Waals surface area contributed by atoms with E-state index in [0.717, 1.165) is 37.1 Å². The summed E-state index contributed by atoms with van der Waals surface area (Å²) >= 11 is 0. The SMILES string of the molecule is CC(C)C[C@H](NC(=O)[C@H](Cc1ccccc1)NC(=O)[C@H](Cc1ccncc1)NC(=O)c1cc(CN2CCOCC2)on1)C(=O)C1(C)CC1. The minimum absolute atomic E-state index is 0.0257. The predicted molar refractivity (Wildman–Crippen MR) is 178 cm³/mol. The van der Waals surface area contributed by atoms with Gasteiger partial charge in [-0.25, -0.2) is 0 Å². The number of rotatable bonds is 16. The van der Waals surface area contributed by atoms with E-state index < -0.39 is 41.3 Å². The van der Waals surface area contributed by atoms with Crippen molar-refractivity contribution in [2.45, 2.75) is 77.5 Å². The number of nitrogens with one attached hydrogen (secondary N) is 3. The summed E-state index contributed by atoms with van der Waals surface area (Å²) in [5.41, 5.74) is 1.23. The van der Waals surface area contributed by atoms with Crippen LogP contribution in [-0.2, 0) is 38.5 Å². The standard InChI is InChI=1S/C36H46N6O6/c1-24(2)19-28(32(43)36(3)11-12-36)38-33(44)29(20-25-7-5-4-6-8-25)39-34(45)30(21-26-9-13-37-14-10-26)40-35(46)31-22-27(48-41-31)23-42-15-17-47-18-16-42/h4-10,13-14,22,24,28-30H,11-12,15-21,23H2,1-3H3,(H,38,44)(H,39,45)(H,40,46)/t28-,29-,30-/m0/s1. The molecule has 3 heterocycles. The summed E-state index contributed by atoms with van der Waals surface area (Å²) in [5.74, 6) is -0.844. The van der Waals surface area contributed by atoms with Crippen molar-refractivity contribution in [3.8, 4) is 0 Å². The molecule has 1 saturated carbocycles. The van der Waals surface area contributed by atoms with Crippen molar-refractivity contribution in [1.29, 1.82) is 0 Å². The molecule has 5 rings (SSSR count). The van der Waals surface area contributed by atoms with Crippen molar-refractivity contribution in [3.63, 3.8) is 0 Å². The zero-order valence-electron chi connectivity index (χ0n) is 27.9. The molecule has 12 heteroatoms. The number of aromatic nitrogens is 2. The smallest absolute Gasteiger partial charge is 0.274 e. The Morgan fingerprint density at radius 2 is 1.46 bits per heavy atom. The van der Waals surface area contributed by atoms with Crippen LogP contribution in [0.5, 0.6) is 0 Å². The molecule has 1 saturated heterocycles. The fraction of sp³-hybridized carbons (Fsp3) is 0.500. The lowest BCUT2D eigenvalue weighted by Gasteiger charge is -2.27. The third-order valence-electron chi connectivity index (χ3n) is 8.94. The monoisotopic (exact) mass is 658 g/mol. The lowest BCUT2D eigenvalue weighted by Crippen LogP contribution is -2.57. The lowest BCUT2D eigenvalue weighted by atomic mass is 9.91. The summed E-state index contributed by atoms with van der Waals surface area (Å²) in [6.07, 6.45) is 5.67. The van der Waals surface area contributed by atoms with E-state index >= 15 is 0 Å². The molecule has 256 valence electrons. The van der Waals surface area contributed by atoms with Gasteiger partial charge in [0.25, 0.3) is 5.91 Å². The first kappa shape index (κ1) is 34.9. The zero-order valence-corrected chi connectivity index (χ0v) is 27.9. The molecule has 48 heavy (non-hydrogen) atoms. The Morgan fingerprint density at radius 1 is 0.854 bits per heavy atom. The molecule has 3 N–H and O–H groups in total. The first-order valence-electron chi connectivity index (χ1n) is 16.7. The van der Waals surface area contributed by atoms with Gasteiger partial charge in [0.1, 0.15) is 12.1 Å². The number of benzene rings is 1. The van der Waals surface area contributed by atoms with Crippen LogP contribution in [0.25, 0.3) is 0 Å². The van der Waals surface area contributed by atoms with Crippen molar-refractivity contribution in [1.82, 2.24) is 31.0 Å². The Bertz CT molecular complexity index is 1530. The Labute approximate surface area is 281 Å². The van der Waals surface area contributed by atoms with Gasteiger partial charge in [0.05, 0.1) is 25.8 Å². The fourth-order valence-electron chi connectivity index (χ4n) is 5.83. The summed E-state index contributed by atoms with van der Waals surface area (Å²) in [6.45, 7) is 9.20. The lowest BCUT2D eigenvalue weighted by molar-refractivity contribution is -0.133. The van der Waals surface area contributed by atoms with E-state index in [1.807, 2.05) is 51.1 Å². The Balaban J connectivity index is 1.33. The number of pyridine rings is 1. The second-order valence-corrected chi connectivity index (χ2v) is 13.5. The summed E-state index contributed by atoms with van der Waals surface area (Å²) < 4.78 is 10.8. The van der Waals surface area contributed by atoms with E-state index in [0.29, 0.717) is 31.9 Å². The number of carbonyl (C=O) groups excluding carboxylic acids is 4. The van der Waals surface area contributed by atoms with E-state index in [-0.39, 0.29) is 30.2 Å². The molecule has 1 aliphatic heterocycles. The van der Waals surface area contributed by atoms with E-state index in [1.165, 1.54) is 0 Å². The molecule has 0 radical (unpaired) electrons. The van der Waals surface area contributed by atoms with Crippen molar-refractivity contribution < 1.29 is 28.4 Å². The highest BCUT2D eigenvalue weighted by atomic mass is 16.5. The van der Waals surface area contributed by atoms with Gasteiger partial charge in [0.2, 0.25) is 11.8 Å². The predicted octanol–water partition coefficient (Wildman–Crippen LogP) is 2.87. The van der Waals surface area contributed by atoms with Crippen LogP contribution >= 0.6 is 0 Å². The van der Waals surface area contributed by atoms with Crippen LogP contribution in [0.1, 0.15) is 67.4 Å². The number of Topliss-reactive ketones (excluding diaryl/α,β-unsaturated/α-hetero) is 1. The van der Waals surface area contributed by atoms with Crippen LogP contribution in [0.4, 0.5) is 0 Å². The number of ether oxygens (including phenoxy) is 1. The van der Waals surface area contributed by atoms with Crippen LogP contribution in [0, 0.1) is 11.3 Å². The van der Waals surface area contributed by atoms with Crippen molar-refractivity contribution in [2.24, 2.45) is 11.3 Å². The first-order chi connectivity index (χ1) is 23.1. The number of ketones is 1. The molecular formula is C36H46N6O6. The van der Waals surface area contributed by atoms with Gasteiger partial charge in [-0.3, -0.25) is 29.1 Å². The second-order valence-electron chi connectivity index (χ2n) is 13.5. The van der Waals surface area contributed by atoms with E-state index in [9.17, 15) is 19.2 Å². The summed E-state index contributed by atoms with van der Waals surface area (Å²) in [4.78, 5) is 60.9. The third kappa shape index (κ3) is 9.80. The van der Waals surface area contributed by atoms with Gasteiger partial charge >= 0.3 is 0 Å². The van der Waals surface area contributed by atoms with Gasteiger partial charge in [0, 0.05) is 49.8 Å². The number of hydrogen-bond acceptors (Lipinski definition) is 9. The zero-order chi connectivity index (χ0) is 34.1. The third-order valence-corrected chi connectivity index (χ3v) is 8.94. The minimum atomic E-state index is -1.05. The number of carbonyl (C=O) groups is 4. The number of morpholine rings is 1. The molecule has 0 bridgehead atoms. The largest absolute Gasteiger partial charge is 0.379 e. The molecule has 2 fully saturated rings. The van der Waals surface area contributed by atoms with Gasteiger partial charge < -0.3 is 25.2 Å². The normalized spacial score (nSPS) is 17.6. The molecule has 0 unspecified atom stereocenters. The number of nitrogens with zero attached hydrogens (tertiary/aromatic N) is 3. The molecule has 1 aliphatic carbocycles. The summed E-state index contributed by atoms with van der Waals surface area (Å²) in [7, 11) is 0. The Hall–Kier alpha value is -4.42. The van der Waals surface area contributed by atoms with E-state index in [2.05, 4.69) is 31.0 Å². The molecule has 3 aromatic rings. The van der Waals surface area contributed by atoms with Crippen LogP contribution in [0.15, 0.2) is 65.4 Å². The van der Waals surface area contributed by atoms with Crippen LogP contribution < -0.4 is 16.0 Å². The molecule has 3 atom stereocenters. The van der Waals surface area contributed by atoms with Crippen LogP contribution in [-0.4, -0.2) is 83.0 Å². The first-order valence-corrected chi connectivity index (χ1v) is 16.7. The maximum Gasteiger partial charge on any atom is 0.274 e. The van der Waals surface area contributed by atoms with Crippen LogP contribution in [0.3, 0.4) is 0 Å². The van der Waals surface area contributed by atoms with Gasteiger partial charge in [-0.2, -0.15) is 0 Å².